The maximum atomic E-state index is 5.45. The van der Waals surface area contributed by atoms with Crippen molar-refractivity contribution in [2.45, 2.75) is 6.92 Å². The number of aromatic nitrogens is 2. The van der Waals surface area contributed by atoms with Crippen molar-refractivity contribution in [2.75, 3.05) is 23.9 Å². The maximum Gasteiger partial charge on any atom is 0.231 e. The molecule has 122 valence electrons. The molecule has 0 atom stereocenters. The number of benzene rings is 2. The van der Waals surface area contributed by atoms with Crippen LogP contribution in [0.3, 0.4) is 0 Å². The van der Waals surface area contributed by atoms with Crippen molar-refractivity contribution in [1.82, 2.24) is 9.97 Å². The van der Waals surface area contributed by atoms with Gasteiger partial charge in [-0.2, -0.15) is 4.98 Å². The lowest BCUT2D eigenvalue weighted by Crippen LogP contribution is -2.13. The van der Waals surface area contributed by atoms with Gasteiger partial charge in [-0.05, 0) is 49.4 Å². The molecule has 0 saturated heterocycles. The summed E-state index contributed by atoms with van der Waals surface area (Å²) in [6.07, 6.45) is 1.75. The zero-order valence-electron chi connectivity index (χ0n) is 13.8. The largest absolute Gasteiger partial charge is 0.494 e. The molecule has 0 fully saturated rings. The van der Waals surface area contributed by atoms with Gasteiger partial charge in [0.15, 0.2) is 0 Å². The standard InChI is InChI=1S/C19H20N4O/c1-3-24-17-11-9-15(10-12-17)21-18-13-14-20-19(22-18)23(2)16-7-5-4-6-8-16/h4-14H,3H2,1-2H3,(H,20,21,22). The average molecular weight is 320 g/mol. The van der Waals surface area contributed by atoms with E-state index in [1.54, 1.807) is 6.20 Å². The van der Waals surface area contributed by atoms with E-state index >= 15 is 0 Å². The van der Waals surface area contributed by atoms with Crippen LogP contribution >= 0.6 is 0 Å². The minimum Gasteiger partial charge on any atom is -0.494 e. The fourth-order valence-electron chi connectivity index (χ4n) is 2.30. The third-order valence-corrected chi connectivity index (χ3v) is 3.52. The van der Waals surface area contributed by atoms with Gasteiger partial charge in [-0.25, -0.2) is 4.98 Å². The van der Waals surface area contributed by atoms with Crippen LogP contribution in [0.15, 0.2) is 66.9 Å². The fraction of sp³-hybridized carbons (Fsp3) is 0.158. The van der Waals surface area contributed by atoms with E-state index < -0.39 is 0 Å². The first-order valence-electron chi connectivity index (χ1n) is 7.88. The highest BCUT2D eigenvalue weighted by molar-refractivity contribution is 5.61. The van der Waals surface area contributed by atoms with Crippen molar-refractivity contribution in [1.29, 1.82) is 0 Å². The SMILES string of the molecule is CCOc1ccc(Nc2ccnc(N(C)c3ccccc3)n2)cc1. The molecule has 3 aromatic rings. The lowest BCUT2D eigenvalue weighted by Gasteiger charge is -2.17. The third-order valence-electron chi connectivity index (χ3n) is 3.52. The second kappa shape index (κ2) is 7.46. The Hall–Kier alpha value is -3.08. The molecule has 2 aromatic carbocycles. The van der Waals surface area contributed by atoms with E-state index in [9.17, 15) is 0 Å². The quantitative estimate of drug-likeness (QED) is 0.730. The van der Waals surface area contributed by atoms with Gasteiger partial charge in [0.05, 0.1) is 6.61 Å². The smallest absolute Gasteiger partial charge is 0.231 e. The summed E-state index contributed by atoms with van der Waals surface area (Å²) in [6.45, 7) is 2.63. The molecule has 1 N–H and O–H groups in total. The van der Waals surface area contributed by atoms with Crippen molar-refractivity contribution in [3.05, 3.63) is 66.9 Å². The summed E-state index contributed by atoms with van der Waals surface area (Å²) in [4.78, 5) is 10.9. The zero-order chi connectivity index (χ0) is 16.8. The monoisotopic (exact) mass is 320 g/mol. The Morgan fingerprint density at radius 2 is 1.75 bits per heavy atom. The Kier molecular flexibility index (Phi) is 4.91. The number of para-hydroxylation sites is 1. The summed E-state index contributed by atoms with van der Waals surface area (Å²) >= 11 is 0. The maximum absolute atomic E-state index is 5.45. The number of rotatable bonds is 6. The molecule has 0 aliphatic rings. The normalized spacial score (nSPS) is 10.2. The summed E-state index contributed by atoms with van der Waals surface area (Å²) in [5.41, 5.74) is 1.99. The second-order valence-corrected chi connectivity index (χ2v) is 5.22. The first-order valence-corrected chi connectivity index (χ1v) is 7.88. The number of nitrogens with zero attached hydrogens (tertiary/aromatic N) is 3. The van der Waals surface area contributed by atoms with Crippen molar-refractivity contribution in [3.8, 4) is 5.75 Å². The molecular formula is C19H20N4O. The number of hydrogen-bond acceptors (Lipinski definition) is 5. The lowest BCUT2D eigenvalue weighted by atomic mass is 10.3. The minimum absolute atomic E-state index is 0.636. The van der Waals surface area contributed by atoms with Crippen LogP contribution in [0.2, 0.25) is 0 Å². The van der Waals surface area contributed by atoms with Crippen LogP contribution in [0.5, 0.6) is 5.75 Å². The molecule has 0 aliphatic carbocycles. The fourth-order valence-corrected chi connectivity index (χ4v) is 2.30. The van der Waals surface area contributed by atoms with E-state index in [4.69, 9.17) is 4.74 Å². The van der Waals surface area contributed by atoms with Crippen LogP contribution in [0.25, 0.3) is 0 Å². The lowest BCUT2D eigenvalue weighted by molar-refractivity contribution is 0.340. The molecule has 0 spiro atoms. The molecule has 0 amide bonds. The second-order valence-electron chi connectivity index (χ2n) is 5.22. The van der Waals surface area contributed by atoms with Gasteiger partial charge in [-0.3, -0.25) is 0 Å². The first-order chi connectivity index (χ1) is 11.8. The summed E-state index contributed by atoms with van der Waals surface area (Å²) in [5.74, 6) is 2.24. The van der Waals surface area contributed by atoms with Crippen LogP contribution in [-0.4, -0.2) is 23.6 Å². The van der Waals surface area contributed by atoms with Crippen LogP contribution in [0.4, 0.5) is 23.1 Å². The Bertz CT molecular complexity index is 775. The van der Waals surface area contributed by atoms with Gasteiger partial charge in [-0.15, -0.1) is 0 Å². The molecular weight excluding hydrogens is 300 g/mol. The Balaban J connectivity index is 1.75. The molecule has 24 heavy (non-hydrogen) atoms. The molecule has 3 rings (SSSR count). The average Bonchev–Trinajstić information content (AvgIpc) is 2.64. The van der Waals surface area contributed by atoms with Crippen molar-refractivity contribution < 1.29 is 4.74 Å². The first kappa shape index (κ1) is 15.8. The highest BCUT2D eigenvalue weighted by Gasteiger charge is 2.07. The van der Waals surface area contributed by atoms with Crippen molar-refractivity contribution in [3.63, 3.8) is 0 Å². The molecule has 1 heterocycles. The van der Waals surface area contributed by atoms with Crippen LogP contribution in [-0.2, 0) is 0 Å². The summed E-state index contributed by atoms with van der Waals surface area (Å²) in [5, 5.41) is 3.29. The van der Waals surface area contributed by atoms with Crippen molar-refractivity contribution >= 4 is 23.1 Å². The van der Waals surface area contributed by atoms with Crippen LogP contribution in [0.1, 0.15) is 6.92 Å². The predicted molar refractivity (Wildman–Crippen MR) is 97.4 cm³/mol. The Morgan fingerprint density at radius 3 is 2.46 bits per heavy atom. The van der Waals surface area contributed by atoms with E-state index in [2.05, 4.69) is 15.3 Å². The number of anilines is 4. The molecule has 0 saturated carbocycles. The van der Waals surface area contributed by atoms with E-state index in [-0.39, 0.29) is 0 Å². The highest BCUT2D eigenvalue weighted by Crippen LogP contribution is 2.22. The van der Waals surface area contributed by atoms with E-state index in [0.29, 0.717) is 12.6 Å². The van der Waals surface area contributed by atoms with Crippen molar-refractivity contribution in [2.24, 2.45) is 0 Å². The Labute approximate surface area is 142 Å². The van der Waals surface area contributed by atoms with E-state index in [1.165, 1.54) is 0 Å². The molecule has 5 nitrogen and oxygen atoms in total. The zero-order valence-corrected chi connectivity index (χ0v) is 13.8. The van der Waals surface area contributed by atoms with Gasteiger partial charge < -0.3 is 15.0 Å². The molecule has 0 unspecified atom stereocenters. The van der Waals surface area contributed by atoms with Crippen LogP contribution < -0.4 is 15.0 Å². The Morgan fingerprint density at radius 1 is 1.00 bits per heavy atom. The number of ether oxygens (including phenoxy) is 1. The van der Waals surface area contributed by atoms with Gasteiger partial charge in [0.25, 0.3) is 0 Å². The molecule has 0 aliphatic heterocycles. The van der Waals surface area contributed by atoms with Crippen LogP contribution in [0, 0.1) is 0 Å². The van der Waals surface area contributed by atoms with Gasteiger partial charge in [0.2, 0.25) is 5.95 Å². The summed E-state index contributed by atoms with van der Waals surface area (Å²) < 4.78 is 5.45. The number of hydrogen-bond donors (Lipinski definition) is 1. The van der Waals surface area contributed by atoms with Gasteiger partial charge in [0, 0.05) is 24.6 Å². The number of nitrogens with one attached hydrogen (secondary N) is 1. The van der Waals surface area contributed by atoms with Gasteiger partial charge in [0.1, 0.15) is 11.6 Å². The molecule has 0 bridgehead atoms. The van der Waals surface area contributed by atoms with E-state index in [0.717, 1.165) is 22.9 Å². The molecule has 0 radical (unpaired) electrons. The topological polar surface area (TPSA) is 50.3 Å². The third kappa shape index (κ3) is 3.81. The van der Waals surface area contributed by atoms with E-state index in [1.807, 2.05) is 79.5 Å². The summed E-state index contributed by atoms with van der Waals surface area (Å²) in [6, 6.07) is 19.7. The molecule has 5 heteroatoms. The minimum atomic E-state index is 0.636. The predicted octanol–water partition coefficient (Wildman–Crippen LogP) is 4.39. The highest BCUT2D eigenvalue weighted by atomic mass is 16.5. The summed E-state index contributed by atoms with van der Waals surface area (Å²) in [7, 11) is 1.95. The van der Waals surface area contributed by atoms with Gasteiger partial charge in [-0.1, -0.05) is 18.2 Å². The molecule has 1 aromatic heterocycles. The van der Waals surface area contributed by atoms with Gasteiger partial charge >= 0.3 is 0 Å².